The molecule has 1 aromatic heterocycles. The molecule has 6 rings (SSSR count). The molecule has 0 bridgehead atoms. The first-order valence-corrected chi connectivity index (χ1v) is 11.6. The smallest absolute Gasteiger partial charge is 0.332 e. The molecule has 3 aromatic carbocycles. The maximum Gasteiger partial charge on any atom is 0.332 e. The predicted molar refractivity (Wildman–Crippen MR) is 135 cm³/mol. The number of nitrogens with one attached hydrogen (secondary N) is 2. The molecule has 7 heteroatoms. The van der Waals surface area contributed by atoms with Gasteiger partial charge in [-0.1, -0.05) is 35.9 Å². The second-order valence-electron chi connectivity index (χ2n) is 9.29. The number of anilines is 2. The average Bonchev–Trinajstić information content (AvgIpc) is 3.34. The van der Waals surface area contributed by atoms with Gasteiger partial charge in [0.05, 0.1) is 11.4 Å². The Kier molecular flexibility index (Phi) is 4.57. The summed E-state index contributed by atoms with van der Waals surface area (Å²) in [7, 11) is 0. The SMILES string of the molecule is Cc1ccc(NC(=O)c2ccc(N3C(=O)N4CCc5c([nH]c6ccccc56)C4(C)C3=O)cc2)cc1. The fraction of sp³-hybridized carbons (Fsp3) is 0.179. The van der Waals surface area contributed by atoms with Crippen LogP contribution in [0.3, 0.4) is 0 Å². The molecule has 0 saturated carbocycles. The quantitative estimate of drug-likeness (QED) is 0.420. The van der Waals surface area contributed by atoms with E-state index in [9.17, 15) is 14.4 Å². The van der Waals surface area contributed by atoms with E-state index in [0.717, 1.165) is 27.7 Å². The van der Waals surface area contributed by atoms with Crippen molar-refractivity contribution < 1.29 is 14.4 Å². The van der Waals surface area contributed by atoms with Crippen LogP contribution in [0.15, 0.2) is 72.8 Å². The third-order valence-electron chi connectivity index (χ3n) is 7.16. The molecule has 0 aliphatic carbocycles. The lowest BCUT2D eigenvalue weighted by molar-refractivity contribution is -0.125. The molecule has 174 valence electrons. The van der Waals surface area contributed by atoms with E-state index in [4.69, 9.17) is 0 Å². The Labute approximate surface area is 202 Å². The van der Waals surface area contributed by atoms with E-state index >= 15 is 0 Å². The van der Waals surface area contributed by atoms with Crippen LogP contribution in [0.5, 0.6) is 0 Å². The van der Waals surface area contributed by atoms with Gasteiger partial charge in [-0.25, -0.2) is 9.69 Å². The minimum atomic E-state index is -1.11. The lowest BCUT2D eigenvalue weighted by Crippen LogP contribution is -2.49. The molecule has 2 N–H and O–H groups in total. The summed E-state index contributed by atoms with van der Waals surface area (Å²) in [6, 6.07) is 21.7. The molecule has 1 fully saturated rings. The standard InChI is InChI=1S/C28H24N4O3/c1-17-7-11-19(12-8-17)29-25(33)18-9-13-20(14-10-18)32-26(34)28(2)24-22(15-16-31(28)27(32)35)21-5-3-4-6-23(21)30-24/h3-14,30H,15-16H2,1-2H3,(H,29,33). The zero-order valence-electron chi connectivity index (χ0n) is 19.5. The number of carbonyl (C=O) groups excluding carboxylic acids is 3. The van der Waals surface area contributed by atoms with Crippen molar-refractivity contribution >= 4 is 40.1 Å². The van der Waals surface area contributed by atoms with Gasteiger partial charge in [0, 0.05) is 28.7 Å². The van der Waals surface area contributed by atoms with Crippen molar-refractivity contribution in [2.24, 2.45) is 0 Å². The zero-order valence-corrected chi connectivity index (χ0v) is 19.5. The number of urea groups is 1. The lowest BCUT2D eigenvalue weighted by Gasteiger charge is -2.35. The van der Waals surface area contributed by atoms with E-state index < -0.39 is 5.54 Å². The summed E-state index contributed by atoms with van der Waals surface area (Å²) in [5.41, 5.74) is 4.42. The topological polar surface area (TPSA) is 85.5 Å². The molecule has 2 aliphatic heterocycles. The molecule has 1 unspecified atom stereocenters. The highest BCUT2D eigenvalue weighted by atomic mass is 16.2. The molecule has 2 aliphatic rings. The summed E-state index contributed by atoms with van der Waals surface area (Å²) in [5, 5.41) is 3.95. The fourth-order valence-electron chi connectivity index (χ4n) is 5.22. The van der Waals surface area contributed by atoms with Crippen LogP contribution in [0.4, 0.5) is 16.2 Å². The van der Waals surface area contributed by atoms with Crippen molar-refractivity contribution in [1.29, 1.82) is 0 Å². The van der Waals surface area contributed by atoms with Crippen molar-refractivity contribution in [1.82, 2.24) is 9.88 Å². The Bertz CT molecular complexity index is 1500. The fourth-order valence-corrected chi connectivity index (χ4v) is 5.22. The van der Waals surface area contributed by atoms with Crippen molar-refractivity contribution in [2.45, 2.75) is 25.8 Å². The molecule has 1 atom stereocenters. The molecular formula is C28H24N4O3. The van der Waals surface area contributed by atoms with E-state index in [2.05, 4.69) is 10.3 Å². The molecule has 0 spiro atoms. The molecule has 1 saturated heterocycles. The molecule has 4 amide bonds. The second kappa shape index (κ2) is 7.56. The number of aromatic nitrogens is 1. The van der Waals surface area contributed by atoms with Crippen LogP contribution in [0.1, 0.15) is 34.1 Å². The molecule has 4 aromatic rings. The van der Waals surface area contributed by atoms with Crippen LogP contribution in [0.2, 0.25) is 0 Å². The Morgan fingerprint density at radius 2 is 1.69 bits per heavy atom. The van der Waals surface area contributed by atoms with E-state index in [1.807, 2.05) is 62.4 Å². The van der Waals surface area contributed by atoms with Crippen LogP contribution >= 0.6 is 0 Å². The summed E-state index contributed by atoms with van der Waals surface area (Å²) in [6.07, 6.45) is 0.680. The number of hydrogen-bond donors (Lipinski definition) is 2. The van der Waals surface area contributed by atoms with Crippen molar-refractivity contribution in [2.75, 3.05) is 16.8 Å². The predicted octanol–water partition coefficient (Wildman–Crippen LogP) is 4.97. The van der Waals surface area contributed by atoms with Crippen LogP contribution in [-0.2, 0) is 16.8 Å². The van der Waals surface area contributed by atoms with Crippen LogP contribution in [0.25, 0.3) is 10.9 Å². The van der Waals surface area contributed by atoms with Gasteiger partial charge in [0.2, 0.25) is 0 Å². The highest BCUT2D eigenvalue weighted by Gasteiger charge is 2.58. The molecule has 0 radical (unpaired) electrons. The van der Waals surface area contributed by atoms with Gasteiger partial charge in [-0.15, -0.1) is 0 Å². The number of hydrogen-bond acceptors (Lipinski definition) is 3. The number of H-pyrrole nitrogens is 1. The van der Waals surface area contributed by atoms with Gasteiger partial charge < -0.3 is 15.2 Å². The van der Waals surface area contributed by atoms with Gasteiger partial charge in [0.1, 0.15) is 0 Å². The van der Waals surface area contributed by atoms with Crippen LogP contribution < -0.4 is 10.2 Å². The number of benzene rings is 3. The van der Waals surface area contributed by atoms with Gasteiger partial charge in [-0.2, -0.15) is 0 Å². The van der Waals surface area contributed by atoms with Gasteiger partial charge >= 0.3 is 6.03 Å². The minimum absolute atomic E-state index is 0.258. The van der Waals surface area contributed by atoms with Crippen molar-refractivity contribution in [3.8, 4) is 0 Å². The van der Waals surface area contributed by atoms with Gasteiger partial charge in [-0.3, -0.25) is 9.59 Å². The van der Waals surface area contributed by atoms with Gasteiger partial charge in [0.15, 0.2) is 5.54 Å². The van der Waals surface area contributed by atoms with Crippen LogP contribution in [-0.4, -0.2) is 34.3 Å². The van der Waals surface area contributed by atoms with E-state index in [-0.39, 0.29) is 17.8 Å². The average molecular weight is 465 g/mol. The maximum absolute atomic E-state index is 13.8. The maximum atomic E-state index is 13.8. The molecule has 3 heterocycles. The van der Waals surface area contributed by atoms with Gasteiger partial charge in [0.25, 0.3) is 11.8 Å². The Balaban J connectivity index is 1.30. The second-order valence-corrected chi connectivity index (χ2v) is 9.29. The van der Waals surface area contributed by atoms with E-state index in [0.29, 0.717) is 29.9 Å². The van der Waals surface area contributed by atoms with Crippen molar-refractivity contribution in [3.63, 3.8) is 0 Å². The highest BCUT2D eigenvalue weighted by molar-refractivity contribution is 6.23. The minimum Gasteiger partial charge on any atom is -0.356 e. The molecule has 35 heavy (non-hydrogen) atoms. The first-order valence-electron chi connectivity index (χ1n) is 11.6. The zero-order chi connectivity index (χ0) is 24.3. The number of nitrogens with zero attached hydrogens (tertiary/aromatic N) is 2. The van der Waals surface area contributed by atoms with E-state index in [1.165, 1.54) is 4.90 Å². The van der Waals surface area contributed by atoms with Crippen molar-refractivity contribution in [3.05, 3.63) is 95.2 Å². The number of carbonyl (C=O) groups is 3. The number of para-hydroxylation sites is 1. The number of aryl methyl sites for hydroxylation is 1. The Hall–Kier alpha value is -4.39. The highest BCUT2D eigenvalue weighted by Crippen LogP contribution is 2.45. The first kappa shape index (κ1) is 21.2. The third-order valence-corrected chi connectivity index (χ3v) is 7.16. The molecular weight excluding hydrogens is 440 g/mol. The number of aromatic amines is 1. The molecule has 7 nitrogen and oxygen atoms in total. The van der Waals surface area contributed by atoms with Crippen LogP contribution in [0, 0.1) is 6.92 Å². The Morgan fingerprint density at radius 1 is 0.971 bits per heavy atom. The lowest BCUT2D eigenvalue weighted by atomic mass is 9.87. The number of fused-ring (bicyclic) bond motifs is 5. The first-order chi connectivity index (χ1) is 16.9. The number of amides is 4. The summed E-state index contributed by atoms with van der Waals surface area (Å²) in [4.78, 5) is 46.1. The third kappa shape index (κ3) is 3.08. The summed E-state index contributed by atoms with van der Waals surface area (Å²) in [6.45, 7) is 4.25. The van der Waals surface area contributed by atoms with Gasteiger partial charge in [-0.05, 0) is 68.3 Å². The summed E-state index contributed by atoms with van der Waals surface area (Å²) < 4.78 is 0. The van der Waals surface area contributed by atoms with E-state index in [1.54, 1.807) is 29.2 Å². The number of rotatable bonds is 3. The summed E-state index contributed by atoms with van der Waals surface area (Å²) >= 11 is 0. The Morgan fingerprint density at radius 3 is 2.43 bits per heavy atom. The summed E-state index contributed by atoms with van der Waals surface area (Å²) in [5.74, 6) is -0.557. The monoisotopic (exact) mass is 464 g/mol. The normalized spacial score (nSPS) is 19.1. The number of imide groups is 1. The largest absolute Gasteiger partial charge is 0.356 e.